The molecule has 0 fully saturated rings. The molecule has 2 heterocycles. The summed E-state index contributed by atoms with van der Waals surface area (Å²) in [5.41, 5.74) is 3.21. The second-order valence-electron chi connectivity index (χ2n) is 3.92. The van der Waals surface area contributed by atoms with Crippen molar-refractivity contribution < 1.29 is 9.53 Å². The van der Waals surface area contributed by atoms with Gasteiger partial charge in [0, 0.05) is 6.20 Å². The molecule has 0 bridgehead atoms. The highest BCUT2D eigenvalue weighted by Crippen LogP contribution is 2.15. The summed E-state index contributed by atoms with van der Waals surface area (Å²) in [5, 5.41) is 0. The smallest absolute Gasteiger partial charge is 0.357 e. The predicted molar refractivity (Wildman–Crippen MR) is 65.3 cm³/mol. The van der Waals surface area contributed by atoms with Crippen LogP contribution in [-0.4, -0.2) is 22.0 Å². The minimum atomic E-state index is -0.303. The number of carbonyl (C=O) groups excluding carboxylic acids is 1. The third-order valence-electron chi connectivity index (χ3n) is 2.64. The first kappa shape index (κ1) is 11.6. The van der Waals surface area contributed by atoms with Crippen molar-refractivity contribution in [1.29, 1.82) is 0 Å². The van der Waals surface area contributed by atoms with Gasteiger partial charge in [-0.05, 0) is 31.9 Å². The molecule has 2 aromatic heterocycles. The highest BCUT2D eigenvalue weighted by molar-refractivity contribution is 5.90. The normalized spacial score (nSPS) is 10.8. The Kier molecular flexibility index (Phi) is 3.13. The number of hydrogen-bond donors (Lipinski definition) is 0. The molecule has 0 spiro atoms. The van der Waals surface area contributed by atoms with Crippen LogP contribution in [0.2, 0.25) is 0 Å². The van der Waals surface area contributed by atoms with Crippen LogP contribution >= 0.6 is 0 Å². The first-order valence-corrected chi connectivity index (χ1v) is 5.82. The third-order valence-corrected chi connectivity index (χ3v) is 2.64. The number of hydrogen-bond acceptors (Lipinski definition) is 3. The fourth-order valence-electron chi connectivity index (χ4n) is 1.86. The predicted octanol–water partition coefficient (Wildman–Crippen LogP) is 2.38. The number of aromatic nitrogens is 2. The summed E-state index contributed by atoms with van der Waals surface area (Å²) in [6.45, 7) is 6.15. The molecule has 4 nitrogen and oxygen atoms in total. The molecular formula is C13H16N2O2. The van der Waals surface area contributed by atoms with E-state index in [1.54, 1.807) is 6.92 Å². The molecule has 0 saturated carbocycles. The Morgan fingerprint density at radius 3 is 2.82 bits per heavy atom. The van der Waals surface area contributed by atoms with Crippen LogP contribution in [0.15, 0.2) is 18.3 Å². The zero-order valence-electron chi connectivity index (χ0n) is 10.4. The molecule has 0 atom stereocenters. The van der Waals surface area contributed by atoms with E-state index < -0.39 is 0 Å². The first-order chi connectivity index (χ1) is 8.17. The molecular weight excluding hydrogens is 216 g/mol. The van der Waals surface area contributed by atoms with E-state index in [-0.39, 0.29) is 5.97 Å². The number of fused-ring (bicyclic) bond motifs is 1. The van der Waals surface area contributed by atoms with Crippen molar-refractivity contribution in [2.75, 3.05) is 6.61 Å². The van der Waals surface area contributed by atoms with Gasteiger partial charge in [0.1, 0.15) is 5.65 Å². The number of pyridine rings is 1. The minimum Gasteiger partial charge on any atom is -0.461 e. The summed E-state index contributed by atoms with van der Waals surface area (Å²) in [5.74, 6) is -0.303. The highest BCUT2D eigenvalue weighted by atomic mass is 16.5. The van der Waals surface area contributed by atoms with E-state index in [1.807, 2.05) is 36.6 Å². The molecule has 0 radical (unpaired) electrons. The lowest BCUT2D eigenvalue weighted by molar-refractivity contribution is 0.0517. The topological polar surface area (TPSA) is 43.6 Å². The number of aryl methyl sites for hydroxylation is 2. The van der Waals surface area contributed by atoms with E-state index in [4.69, 9.17) is 4.74 Å². The Labute approximate surface area is 100 Å². The Hall–Kier alpha value is -1.84. The van der Waals surface area contributed by atoms with E-state index in [2.05, 4.69) is 4.98 Å². The third kappa shape index (κ3) is 2.02. The molecule has 0 aromatic carbocycles. The summed E-state index contributed by atoms with van der Waals surface area (Å²) in [6.07, 6.45) is 2.63. The van der Waals surface area contributed by atoms with Crippen LogP contribution in [0.3, 0.4) is 0 Å². The molecule has 17 heavy (non-hydrogen) atoms. The molecule has 0 aliphatic heterocycles. The molecule has 0 aliphatic carbocycles. The molecule has 0 unspecified atom stereocenters. The van der Waals surface area contributed by atoms with Gasteiger partial charge in [0.2, 0.25) is 0 Å². The fraction of sp³-hybridized carbons (Fsp3) is 0.385. The van der Waals surface area contributed by atoms with Crippen LogP contribution < -0.4 is 0 Å². The Morgan fingerprint density at radius 1 is 1.41 bits per heavy atom. The van der Waals surface area contributed by atoms with Gasteiger partial charge >= 0.3 is 5.97 Å². The lowest BCUT2D eigenvalue weighted by atomic mass is 10.2. The van der Waals surface area contributed by atoms with Crippen LogP contribution in [-0.2, 0) is 11.2 Å². The van der Waals surface area contributed by atoms with Crippen molar-refractivity contribution in [3.05, 3.63) is 35.3 Å². The van der Waals surface area contributed by atoms with Crippen molar-refractivity contribution in [1.82, 2.24) is 9.38 Å². The average Bonchev–Trinajstić information content (AvgIpc) is 2.66. The lowest BCUT2D eigenvalue weighted by Gasteiger charge is -2.04. The fourth-order valence-corrected chi connectivity index (χ4v) is 1.86. The number of ether oxygens (including phenoxy) is 1. The average molecular weight is 232 g/mol. The standard InChI is InChI=1S/C13H16N2O2/c1-4-10-12(13(16)17-5-2)15-8-9(3)6-7-11(15)14-10/h6-8H,4-5H2,1-3H3. The first-order valence-electron chi connectivity index (χ1n) is 5.82. The van der Waals surface area contributed by atoms with Gasteiger partial charge in [-0.2, -0.15) is 0 Å². The molecule has 2 rings (SSSR count). The van der Waals surface area contributed by atoms with E-state index in [9.17, 15) is 4.79 Å². The number of rotatable bonds is 3. The quantitative estimate of drug-likeness (QED) is 0.763. The minimum absolute atomic E-state index is 0.303. The number of esters is 1. The summed E-state index contributed by atoms with van der Waals surface area (Å²) < 4.78 is 6.89. The SMILES string of the molecule is CCOC(=O)c1c(CC)nc2ccc(C)cn12. The Balaban J connectivity index is 2.64. The van der Waals surface area contributed by atoms with Gasteiger partial charge in [0.05, 0.1) is 12.3 Å². The largest absolute Gasteiger partial charge is 0.461 e. The zero-order valence-corrected chi connectivity index (χ0v) is 10.4. The van der Waals surface area contributed by atoms with Crippen LogP contribution in [0.1, 0.15) is 35.6 Å². The van der Waals surface area contributed by atoms with E-state index in [0.29, 0.717) is 12.3 Å². The van der Waals surface area contributed by atoms with E-state index >= 15 is 0 Å². The van der Waals surface area contributed by atoms with Gasteiger partial charge in [-0.3, -0.25) is 4.40 Å². The van der Waals surface area contributed by atoms with Gasteiger partial charge in [-0.25, -0.2) is 9.78 Å². The number of carbonyl (C=O) groups is 1. The van der Waals surface area contributed by atoms with E-state index in [1.165, 1.54) is 0 Å². The summed E-state index contributed by atoms with van der Waals surface area (Å²) in [6, 6.07) is 3.90. The van der Waals surface area contributed by atoms with Crippen molar-refractivity contribution in [2.45, 2.75) is 27.2 Å². The highest BCUT2D eigenvalue weighted by Gasteiger charge is 2.18. The second-order valence-corrected chi connectivity index (χ2v) is 3.92. The van der Waals surface area contributed by atoms with Crippen molar-refractivity contribution in [2.24, 2.45) is 0 Å². The zero-order chi connectivity index (χ0) is 12.4. The van der Waals surface area contributed by atoms with Gasteiger partial charge in [-0.1, -0.05) is 13.0 Å². The van der Waals surface area contributed by atoms with Crippen molar-refractivity contribution in [3.8, 4) is 0 Å². The van der Waals surface area contributed by atoms with Crippen LogP contribution in [0.5, 0.6) is 0 Å². The molecule has 0 aliphatic rings. The van der Waals surface area contributed by atoms with Crippen LogP contribution in [0.4, 0.5) is 0 Å². The maximum Gasteiger partial charge on any atom is 0.357 e. The second kappa shape index (κ2) is 4.57. The lowest BCUT2D eigenvalue weighted by Crippen LogP contribution is -2.10. The molecule has 0 amide bonds. The van der Waals surface area contributed by atoms with Gasteiger partial charge < -0.3 is 4.74 Å². The van der Waals surface area contributed by atoms with Gasteiger partial charge in [0.25, 0.3) is 0 Å². The monoisotopic (exact) mass is 232 g/mol. The number of nitrogens with zero attached hydrogens (tertiary/aromatic N) is 2. The maximum atomic E-state index is 11.9. The van der Waals surface area contributed by atoms with Gasteiger partial charge in [-0.15, -0.1) is 0 Å². The molecule has 4 heteroatoms. The summed E-state index contributed by atoms with van der Waals surface area (Å²) >= 11 is 0. The molecule has 0 saturated heterocycles. The van der Waals surface area contributed by atoms with Gasteiger partial charge in [0.15, 0.2) is 5.69 Å². The van der Waals surface area contributed by atoms with Crippen LogP contribution in [0, 0.1) is 6.92 Å². The Bertz CT molecular complexity index is 558. The molecule has 0 N–H and O–H groups in total. The van der Waals surface area contributed by atoms with Crippen molar-refractivity contribution in [3.63, 3.8) is 0 Å². The molecule has 2 aromatic rings. The Morgan fingerprint density at radius 2 is 2.18 bits per heavy atom. The summed E-state index contributed by atoms with van der Waals surface area (Å²) in [4.78, 5) is 16.4. The maximum absolute atomic E-state index is 11.9. The van der Waals surface area contributed by atoms with Crippen molar-refractivity contribution >= 4 is 11.6 Å². The summed E-state index contributed by atoms with van der Waals surface area (Å²) in [7, 11) is 0. The van der Waals surface area contributed by atoms with Crippen LogP contribution in [0.25, 0.3) is 5.65 Å². The number of imidazole rings is 1. The van der Waals surface area contributed by atoms with E-state index in [0.717, 1.165) is 23.3 Å². The molecule has 90 valence electrons.